The zero-order valence-electron chi connectivity index (χ0n) is 10.2. The molecule has 0 aliphatic carbocycles. The van der Waals surface area contributed by atoms with Crippen LogP contribution in [0.25, 0.3) is 0 Å². The molecular formula is C9H17N3O3Si. The molecule has 0 aliphatic rings. The zero-order valence-corrected chi connectivity index (χ0v) is 11.2. The zero-order chi connectivity index (χ0) is 12.6. The van der Waals surface area contributed by atoms with Crippen molar-refractivity contribution in [2.75, 3.05) is 0 Å². The minimum atomic E-state index is -2.02. The number of primary amides is 1. The van der Waals surface area contributed by atoms with Gasteiger partial charge in [-0.25, -0.2) is 0 Å². The fourth-order valence-electron chi connectivity index (χ4n) is 0.722. The minimum Gasteiger partial charge on any atom is -0.503 e. The standard InChI is InChI=1S/C9H17N3O3Si/c1-9(2,3)16(4,5)15-8-12-11-7(14-8)6(10)13/h1-5H3,(H2,10,13). The first-order valence-corrected chi connectivity index (χ1v) is 7.86. The first-order chi connectivity index (χ1) is 7.13. The van der Waals surface area contributed by atoms with Gasteiger partial charge in [0.25, 0.3) is 8.32 Å². The Morgan fingerprint density at radius 2 is 1.94 bits per heavy atom. The molecule has 90 valence electrons. The van der Waals surface area contributed by atoms with Crippen LogP contribution in [0.4, 0.5) is 0 Å². The maximum atomic E-state index is 10.8. The summed E-state index contributed by atoms with van der Waals surface area (Å²) in [5.41, 5.74) is 5.00. The summed E-state index contributed by atoms with van der Waals surface area (Å²) in [4.78, 5) is 10.8. The van der Waals surface area contributed by atoms with Crippen molar-refractivity contribution < 1.29 is 13.6 Å². The predicted molar refractivity (Wildman–Crippen MR) is 60.6 cm³/mol. The highest BCUT2D eigenvalue weighted by atomic mass is 28.4. The molecule has 0 aromatic carbocycles. The fraction of sp³-hybridized carbons (Fsp3) is 0.667. The number of carbonyl (C=O) groups is 1. The summed E-state index contributed by atoms with van der Waals surface area (Å²) in [5.74, 6) is -0.980. The lowest BCUT2D eigenvalue weighted by Crippen LogP contribution is -2.43. The monoisotopic (exact) mass is 243 g/mol. The van der Waals surface area contributed by atoms with Gasteiger partial charge in [-0.2, -0.15) is 0 Å². The SMILES string of the molecule is CC(C)(C)[Si](C)(C)Oc1nnc(C(N)=O)o1. The summed E-state index contributed by atoms with van der Waals surface area (Å²) >= 11 is 0. The Hall–Kier alpha value is -1.37. The van der Waals surface area contributed by atoms with Crippen LogP contribution in [0.1, 0.15) is 31.5 Å². The van der Waals surface area contributed by atoms with E-state index in [9.17, 15) is 4.79 Å². The topological polar surface area (TPSA) is 91.2 Å². The second kappa shape index (κ2) is 3.89. The van der Waals surface area contributed by atoms with Crippen LogP contribution >= 0.6 is 0 Å². The highest BCUT2D eigenvalue weighted by Gasteiger charge is 2.40. The first kappa shape index (κ1) is 12.7. The number of aromatic nitrogens is 2. The summed E-state index contributed by atoms with van der Waals surface area (Å²) in [6.07, 6.45) is 0.0143. The predicted octanol–water partition coefficient (Wildman–Crippen LogP) is 1.55. The van der Waals surface area contributed by atoms with Crippen LogP contribution in [0.2, 0.25) is 18.1 Å². The lowest BCUT2D eigenvalue weighted by Gasteiger charge is -2.34. The number of amides is 1. The van der Waals surface area contributed by atoms with Crippen LogP contribution in [0, 0.1) is 0 Å². The van der Waals surface area contributed by atoms with Crippen LogP contribution in [0.5, 0.6) is 6.08 Å². The smallest absolute Gasteiger partial charge is 0.401 e. The number of nitrogens with two attached hydrogens (primary N) is 1. The van der Waals surface area contributed by atoms with E-state index in [1.165, 1.54) is 0 Å². The van der Waals surface area contributed by atoms with Crippen molar-refractivity contribution >= 4 is 14.2 Å². The Bertz CT molecular complexity index is 395. The van der Waals surface area contributed by atoms with E-state index in [0.29, 0.717) is 0 Å². The quantitative estimate of drug-likeness (QED) is 0.813. The molecule has 1 amide bonds. The Kier molecular flexibility index (Phi) is 3.09. The average Bonchev–Trinajstić information content (AvgIpc) is 2.49. The van der Waals surface area contributed by atoms with Crippen molar-refractivity contribution in [3.63, 3.8) is 0 Å². The third-order valence-corrected chi connectivity index (χ3v) is 7.06. The van der Waals surface area contributed by atoms with E-state index < -0.39 is 14.2 Å². The summed E-state index contributed by atoms with van der Waals surface area (Å²) in [5, 5.41) is 7.14. The van der Waals surface area contributed by atoms with Crippen molar-refractivity contribution in [1.29, 1.82) is 0 Å². The van der Waals surface area contributed by atoms with Crippen LogP contribution in [-0.4, -0.2) is 24.4 Å². The van der Waals surface area contributed by atoms with Gasteiger partial charge in [-0.05, 0) is 18.1 Å². The van der Waals surface area contributed by atoms with E-state index in [1.54, 1.807) is 0 Å². The molecule has 0 bridgehead atoms. The Morgan fingerprint density at radius 1 is 1.38 bits per heavy atom. The molecule has 0 atom stereocenters. The third kappa shape index (κ3) is 2.60. The number of nitrogens with zero attached hydrogens (tertiary/aromatic N) is 2. The molecule has 1 aromatic rings. The Morgan fingerprint density at radius 3 is 2.31 bits per heavy atom. The van der Waals surface area contributed by atoms with Crippen molar-refractivity contribution in [2.45, 2.75) is 38.9 Å². The second-order valence-corrected chi connectivity index (χ2v) is 9.82. The molecule has 0 unspecified atom stereocenters. The molecular weight excluding hydrogens is 226 g/mol. The van der Waals surface area contributed by atoms with Gasteiger partial charge in [-0.3, -0.25) is 4.79 Å². The lowest BCUT2D eigenvalue weighted by atomic mass is 10.2. The third-order valence-electron chi connectivity index (χ3n) is 2.77. The molecule has 0 saturated carbocycles. The average molecular weight is 243 g/mol. The number of hydrogen-bond donors (Lipinski definition) is 1. The van der Waals surface area contributed by atoms with Crippen molar-refractivity contribution in [2.24, 2.45) is 5.73 Å². The number of carbonyl (C=O) groups excluding carboxylic acids is 1. The summed E-state index contributed by atoms with van der Waals surface area (Å²) in [7, 11) is -2.02. The van der Waals surface area contributed by atoms with E-state index >= 15 is 0 Å². The molecule has 1 heterocycles. The molecule has 7 heteroatoms. The molecule has 0 spiro atoms. The van der Waals surface area contributed by atoms with E-state index in [0.717, 1.165) is 0 Å². The minimum absolute atomic E-state index is 0.0143. The summed E-state index contributed by atoms with van der Waals surface area (Å²) in [6.45, 7) is 10.3. The van der Waals surface area contributed by atoms with E-state index in [2.05, 4.69) is 31.0 Å². The first-order valence-electron chi connectivity index (χ1n) is 4.96. The fourth-order valence-corrected chi connectivity index (χ4v) is 1.55. The van der Waals surface area contributed by atoms with E-state index in [1.807, 2.05) is 13.1 Å². The van der Waals surface area contributed by atoms with Gasteiger partial charge in [-0.1, -0.05) is 31.0 Å². The molecule has 0 aliphatic heterocycles. The van der Waals surface area contributed by atoms with Gasteiger partial charge < -0.3 is 14.6 Å². The van der Waals surface area contributed by atoms with Crippen LogP contribution in [-0.2, 0) is 0 Å². The van der Waals surface area contributed by atoms with Gasteiger partial charge in [0.15, 0.2) is 0 Å². The summed E-state index contributed by atoms with van der Waals surface area (Å²) < 4.78 is 10.7. The van der Waals surface area contributed by atoms with E-state index in [-0.39, 0.29) is 17.0 Å². The molecule has 0 saturated heterocycles. The largest absolute Gasteiger partial charge is 0.503 e. The molecule has 1 aromatic heterocycles. The molecule has 1 rings (SSSR count). The normalized spacial score (nSPS) is 12.6. The van der Waals surface area contributed by atoms with Gasteiger partial charge in [-0.15, -0.1) is 0 Å². The van der Waals surface area contributed by atoms with Crippen molar-refractivity contribution in [3.8, 4) is 6.08 Å². The molecule has 6 nitrogen and oxygen atoms in total. The highest BCUT2D eigenvalue weighted by Crippen LogP contribution is 2.36. The lowest BCUT2D eigenvalue weighted by molar-refractivity contribution is 0.0963. The van der Waals surface area contributed by atoms with E-state index in [4.69, 9.17) is 14.6 Å². The number of rotatable bonds is 3. The van der Waals surface area contributed by atoms with Gasteiger partial charge in [0.2, 0.25) is 0 Å². The van der Waals surface area contributed by atoms with Crippen LogP contribution < -0.4 is 10.2 Å². The number of hydrogen-bond acceptors (Lipinski definition) is 5. The van der Waals surface area contributed by atoms with Gasteiger partial charge in [0, 0.05) is 0 Å². The second-order valence-electron chi connectivity index (χ2n) is 5.10. The van der Waals surface area contributed by atoms with Crippen LogP contribution in [0.3, 0.4) is 0 Å². The molecule has 2 N–H and O–H groups in total. The van der Waals surface area contributed by atoms with Crippen LogP contribution in [0.15, 0.2) is 4.42 Å². The molecule has 0 fully saturated rings. The van der Waals surface area contributed by atoms with Crippen molar-refractivity contribution in [1.82, 2.24) is 10.2 Å². The Labute approximate surface area is 95.3 Å². The van der Waals surface area contributed by atoms with Crippen molar-refractivity contribution in [3.05, 3.63) is 5.89 Å². The summed E-state index contributed by atoms with van der Waals surface area (Å²) in [6, 6.07) is 0. The maximum Gasteiger partial charge on any atom is 0.401 e. The molecule has 0 radical (unpaired) electrons. The van der Waals surface area contributed by atoms with Gasteiger partial charge >= 0.3 is 17.9 Å². The molecule has 16 heavy (non-hydrogen) atoms. The van der Waals surface area contributed by atoms with Gasteiger partial charge in [0.1, 0.15) is 0 Å². The highest BCUT2D eigenvalue weighted by molar-refractivity contribution is 6.74. The Balaban J connectivity index is 2.85. The van der Waals surface area contributed by atoms with Gasteiger partial charge in [0.05, 0.1) is 0 Å². The maximum absolute atomic E-state index is 10.8.